The van der Waals surface area contributed by atoms with E-state index >= 15 is 0 Å². The van der Waals surface area contributed by atoms with Gasteiger partial charge in [0.15, 0.2) is 15.9 Å². The Morgan fingerprint density at radius 1 is 1.41 bits per heavy atom. The SMILES string of the molecule is CC(O)C(NC(=O)C1CCS(=O)(=O)C1)C(=O)O. The molecule has 1 fully saturated rings. The summed E-state index contributed by atoms with van der Waals surface area (Å²) in [7, 11) is -3.19. The normalized spacial score (nSPS) is 26.1. The Hall–Kier alpha value is -1.15. The van der Waals surface area contributed by atoms with Crippen LogP contribution in [0, 0.1) is 5.92 Å². The number of carboxylic acid groups (broad SMARTS) is 1. The molecular formula is C9H15NO6S. The number of carbonyl (C=O) groups is 2. The molecule has 0 aromatic carbocycles. The summed E-state index contributed by atoms with van der Waals surface area (Å²) in [5.41, 5.74) is 0. The number of nitrogens with one attached hydrogen (secondary N) is 1. The molecule has 3 unspecified atom stereocenters. The highest BCUT2D eigenvalue weighted by atomic mass is 32.2. The molecule has 0 aromatic rings. The molecule has 17 heavy (non-hydrogen) atoms. The molecule has 3 atom stereocenters. The van der Waals surface area contributed by atoms with Crippen molar-refractivity contribution in [3.63, 3.8) is 0 Å². The monoisotopic (exact) mass is 265 g/mol. The maximum Gasteiger partial charge on any atom is 0.328 e. The van der Waals surface area contributed by atoms with Gasteiger partial charge in [0.25, 0.3) is 0 Å². The van der Waals surface area contributed by atoms with Crippen molar-refractivity contribution in [3.05, 3.63) is 0 Å². The minimum atomic E-state index is -3.19. The van der Waals surface area contributed by atoms with Gasteiger partial charge in [0.05, 0.1) is 23.5 Å². The van der Waals surface area contributed by atoms with Crippen LogP contribution in [0.15, 0.2) is 0 Å². The molecule has 0 aromatic heterocycles. The van der Waals surface area contributed by atoms with Crippen molar-refractivity contribution in [3.8, 4) is 0 Å². The molecule has 3 N–H and O–H groups in total. The number of rotatable bonds is 4. The van der Waals surface area contributed by atoms with Crippen LogP contribution in [0.5, 0.6) is 0 Å². The van der Waals surface area contributed by atoms with Crippen LogP contribution in [0.1, 0.15) is 13.3 Å². The molecule has 98 valence electrons. The average Bonchev–Trinajstić information content (AvgIpc) is 2.53. The second-order valence-corrected chi connectivity index (χ2v) is 6.39. The first-order valence-electron chi connectivity index (χ1n) is 5.14. The van der Waals surface area contributed by atoms with Gasteiger partial charge in [0.2, 0.25) is 5.91 Å². The van der Waals surface area contributed by atoms with Crippen molar-refractivity contribution in [1.82, 2.24) is 5.32 Å². The van der Waals surface area contributed by atoms with Crippen LogP contribution < -0.4 is 5.32 Å². The second kappa shape index (κ2) is 5.01. The van der Waals surface area contributed by atoms with Gasteiger partial charge in [-0.1, -0.05) is 0 Å². The first-order valence-corrected chi connectivity index (χ1v) is 6.97. The van der Waals surface area contributed by atoms with Crippen LogP contribution in [-0.2, 0) is 19.4 Å². The fourth-order valence-corrected chi connectivity index (χ4v) is 3.40. The summed E-state index contributed by atoms with van der Waals surface area (Å²) in [4.78, 5) is 22.3. The van der Waals surface area contributed by atoms with E-state index in [1.54, 1.807) is 0 Å². The number of aliphatic carboxylic acids is 1. The molecule has 0 spiro atoms. The number of carboxylic acids is 1. The number of sulfone groups is 1. The lowest BCUT2D eigenvalue weighted by molar-refractivity contribution is -0.145. The van der Waals surface area contributed by atoms with Gasteiger partial charge in [-0.15, -0.1) is 0 Å². The average molecular weight is 265 g/mol. The van der Waals surface area contributed by atoms with Crippen LogP contribution in [0.3, 0.4) is 0 Å². The standard InChI is InChI=1S/C9H15NO6S/c1-5(11)7(9(13)14)10-8(12)6-2-3-17(15,16)4-6/h5-7,11H,2-4H2,1H3,(H,10,12)(H,13,14). The van der Waals surface area contributed by atoms with Crippen molar-refractivity contribution >= 4 is 21.7 Å². The van der Waals surface area contributed by atoms with Gasteiger partial charge in [0.1, 0.15) is 0 Å². The zero-order valence-electron chi connectivity index (χ0n) is 9.29. The first kappa shape index (κ1) is 13.9. The highest BCUT2D eigenvalue weighted by Crippen LogP contribution is 2.18. The van der Waals surface area contributed by atoms with Gasteiger partial charge in [-0.2, -0.15) is 0 Å². The first-order chi connectivity index (χ1) is 7.73. The van der Waals surface area contributed by atoms with Crippen LogP contribution >= 0.6 is 0 Å². The summed E-state index contributed by atoms with van der Waals surface area (Å²) in [6.07, 6.45) is -1.05. The van der Waals surface area contributed by atoms with E-state index in [0.29, 0.717) is 0 Å². The number of amides is 1. The summed E-state index contributed by atoms with van der Waals surface area (Å²) >= 11 is 0. The molecule has 1 amide bonds. The van der Waals surface area contributed by atoms with E-state index in [2.05, 4.69) is 5.32 Å². The molecule has 1 saturated heterocycles. The second-order valence-electron chi connectivity index (χ2n) is 4.17. The Morgan fingerprint density at radius 3 is 2.35 bits per heavy atom. The topological polar surface area (TPSA) is 121 Å². The van der Waals surface area contributed by atoms with Crippen LogP contribution in [0.25, 0.3) is 0 Å². The summed E-state index contributed by atoms with van der Waals surface area (Å²) in [6, 6.07) is -1.41. The van der Waals surface area contributed by atoms with Crippen molar-refractivity contribution in [2.75, 3.05) is 11.5 Å². The van der Waals surface area contributed by atoms with E-state index < -0.39 is 39.8 Å². The molecule has 0 radical (unpaired) electrons. The fraction of sp³-hybridized carbons (Fsp3) is 0.778. The van der Waals surface area contributed by atoms with Crippen LogP contribution in [0.4, 0.5) is 0 Å². The molecule has 8 heteroatoms. The summed E-state index contributed by atoms with van der Waals surface area (Å²) in [5, 5.41) is 20.1. The van der Waals surface area contributed by atoms with Crippen molar-refractivity contribution in [2.24, 2.45) is 5.92 Å². The Kier molecular flexibility index (Phi) is 4.10. The predicted octanol–water partition coefficient (Wildman–Crippen LogP) is -1.63. The largest absolute Gasteiger partial charge is 0.480 e. The summed E-state index contributed by atoms with van der Waals surface area (Å²) in [5.74, 6) is -3.03. The lowest BCUT2D eigenvalue weighted by Crippen LogP contribution is -2.49. The van der Waals surface area contributed by atoms with Gasteiger partial charge < -0.3 is 15.5 Å². The zero-order chi connectivity index (χ0) is 13.2. The van der Waals surface area contributed by atoms with Gasteiger partial charge in [0, 0.05) is 0 Å². The number of hydrogen-bond donors (Lipinski definition) is 3. The number of carbonyl (C=O) groups excluding carboxylic acids is 1. The highest BCUT2D eigenvalue weighted by molar-refractivity contribution is 7.91. The van der Waals surface area contributed by atoms with E-state index in [1.807, 2.05) is 0 Å². The zero-order valence-corrected chi connectivity index (χ0v) is 10.1. The molecule has 0 aliphatic carbocycles. The third kappa shape index (κ3) is 3.67. The minimum Gasteiger partial charge on any atom is -0.480 e. The Balaban J connectivity index is 2.63. The Morgan fingerprint density at radius 2 is 2.00 bits per heavy atom. The molecule has 1 aliphatic heterocycles. The van der Waals surface area contributed by atoms with Crippen molar-refractivity contribution in [2.45, 2.75) is 25.5 Å². The van der Waals surface area contributed by atoms with Gasteiger partial charge >= 0.3 is 5.97 Å². The predicted molar refractivity (Wildman–Crippen MR) is 58.0 cm³/mol. The molecular weight excluding hydrogens is 250 g/mol. The Labute approximate surface area is 98.7 Å². The van der Waals surface area contributed by atoms with E-state index in [9.17, 15) is 18.0 Å². The summed E-state index contributed by atoms with van der Waals surface area (Å²) < 4.78 is 22.3. The molecule has 1 aliphatic rings. The van der Waals surface area contributed by atoms with Gasteiger partial charge in [-0.25, -0.2) is 13.2 Å². The quantitative estimate of drug-likeness (QED) is 0.561. The third-order valence-corrected chi connectivity index (χ3v) is 4.42. The fourth-order valence-electron chi connectivity index (χ4n) is 1.66. The summed E-state index contributed by atoms with van der Waals surface area (Å²) in [6.45, 7) is 1.24. The molecule has 7 nitrogen and oxygen atoms in total. The van der Waals surface area contributed by atoms with Crippen molar-refractivity contribution in [1.29, 1.82) is 0 Å². The number of aliphatic hydroxyl groups is 1. The number of hydrogen-bond acceptors (Lipinski definition) is 5. The van der Waals surface area contributed by atoms with E-state index in [0.717, 1.165) is 0 Å². The maximum absolute atomic E-state index is 11.6. The van der Waals surface area contributed by atoms with Crippen molar-refractivity contribution < 1.29 is 28.2 Å². The maximum atomic E-state index is 11.6. The smallest absolute Gasteiger partial charge is 0.328 e. The molecule has 0 bridgehead atoms. The van der Waals surface area contributed by atoms with Crippen LogP contribution in [0.2, 0.25) is 0 Å². The highest BCUT2D eigenvalue weighted by Gasteiger charge is 2.35. The van der Waals surface area contributed by atoms with E-state index in [1.165, 1.54) is 6.92 Å². The molecule has 0 saturated carbocycles. The van der Waals surface area contributed by atoms with E-state index in [4.69, 9.17) is 10.2 Å². The number of aliphatic hydroxyl groups excluding tert-OH is 1. The lowest BCUT2D eigenvalue weighted by Gasteiger charge is -2.18. The van der Waals surface area contributed by atoms with Gasteiger partial charge in [-0.05, 0) is 13.3 Å². The molecule has 1 heterocycles. The van der Waals surface area contributed by atoms with E-state index in [-0.39, 0.29) is 17.9 Å². The minimum absolute atomic E-state index is 0.0580. The third-order valence-electron chi connectivity index (χ3n) is 2.65. The molecule has 1 rings (SSSR count). The van der Waals surface area contributed by atoms with Gasteiger partial charge in [-0.3, -0.25) is 4.79 Å². The van der Waals surface area contributed by atoms with Crippen LogP contribution in [-0.4, -0.2) is 54.2 Å². The Bertz CT molecular complexity index is 415. The lowest BCUT2D eigenvalue weighted by atomic mass is 10.1.